The van der Waals surface area contributed by atoms with Gasteiger partial charge in [-0.15, -0.1) is 0 Å². The van der Waals surface area contributed by atoms with Gasteiger partial charge in [-0.25, -0.2) is 13.2 Å². The second kappa shape index (κ2) is 5.68. The van der Waals surface area contributed by atoms with E-state index >= 15 is 0 Å². The lowest BCUT2D eigenvalue weighted by molar-refractivity contribution is 0.0717. The molecule has 0 fully saturated rings. The third kappa shape index (κ3) is 3.52. The third-order valence-electron chi connectivity index (χ3n) is 2.29. The standard InChI is InChI=1S/C10H17N3O5S/c1-7(2)6-18-11-19(16,17)8-5-12(3)10(15)13(4)9(8)14/h5,7,11H,6H2,1-4H3. The van der Waals surface area contributed by atoms with E-state index in [1.807, 2.05) is 18.7 Å². The zero-order chi connectivity index (χ0) is 14.8. The first-order valence-electron chi connectivity index (χ1n) is 5.57. The Bertz CT molecular complexity index is 671. The molecule has 0 radical (unpaired) electrons. The number of aromatic nitrogens is 2. The predicted molar refractivity (Wildman–Crippen MR) is 68.0 cm³/mol. The first kappa shape index (κ1) is 15.6. The van der Waals surface area contributed by atoms with Crippen LogP contribution >= 0.6 is 0 Å². The summed E-state index contributed by atoms with van der Waals surface area (Å²) >= 11 is 0. The van der Waals surface area contributed by atoms with Gasteiger partial charge in [0.05, 0.1) is 6.61 Å². The van der Waals surface area contributed by atoms with Crippen molar-refractivity contribution < 1.29 is 13.3 Å². The van der Waals surface area contributed by atoms with E-state index in [4.69, 9.17) is 4.84 Å². The average Bonchev–Trinajstić information content (AvgIpc) is 2.30. The SMILES string of the molecule is CC(C)CONS(=O)(=O)c1cn(C)c(=O)n(C)c1=O. The Labute approximate surface area is 110 Å². The molecule has 19 heavy (non-hydrogen) atoms. The van der Waals surface area contributed by atoms with Gasteiger partial charge >= 0.3 is 5.69 Å². The molecular weight excluding hydrogens is 274 g/mol. The van der Waals surface area contributed by atoms with Crippen molar-refractivity contribution in [2.24, 2.45) is 20.0 Å². The van der Waals surface area contributed by atoms with E-state index in [1.54, 1.807) is 0 Å². The van der Waals surface area contributed by atoms with E-state index in [1.165, 1.54) is 14.1 Å². The molecule has 1 aromatic heterocycles. The molecule has 0 aliphatic rings. The van der Waals surface area contributed by atoms with Gasteiger partial charge in [-0.05, 0) is 5.92 Å². The molecule has 0 saturated heterocycles. The first-order chi connectivity index (χ1) is 8.66. The molecule has 1 aromatic rings. The van der Waals surface area contributed by atoms with Crippen LogP contribution in [0.25, 0.3) is 0 Å². The molecule has 0 saturated carbocycles. The first-order valence-corrected chi connectivity index (χ1v) is 7.05. The van der Waals surface area contributed by atoms with Crippen LogP contribution in [-0.2, 0) is 29.0 Å². The Balaban J connectivity index is 3.16. The molecule has 8 nitrogen and oxygen atoms in total. The van der Waals surface area contributed by atoms with Gasteiger partial charge < -0.3 is 4.57 Å². The quantitative estimate of drug-likeness (QED) is 0.698. The summed E-state index contributed by atoms with van der Waals surface area (Å²) in [5.74, 6) is 0.130. The fourth-order valence-corrected chi connectivity index (χ4v) is 2.26. The molecule has 0 aliphatic carbocycles. The maximum Gasteiger partial charge on any atom is 0.330 e. The summed E-state index contributed by atoms with van der Waals surface area (Å²) in [6, 6.07) is 0. The number of nitrogens with zero attached hydrogens (tertiary/aromatic N) is 2. The molecule has 0 bridgehead atoms. The van der Waals surface area contributed by atoms with Crippen LogP contribution in [0.4, 0.5) is 0 Å². The number of hydrogen-bond acceptors (Lipinski definition) is 5. The Morgan fingerprint density at radius 2 is 1.89 bits per heavy atom. The molecule has 108 valence electrons. The second-order valence-corrected chi connectivity index (χ2v) is 6.16. The van der Waals surface area contributed by atoms with E-state index in [2.05, 4.69) is 0 Å². The van der Waals surface area contributed by atoms with Crippen molar-refractivity contribution >= 4 is 10.0 Å². The summed E-state index contributed by atoms with van der Waals surface area (Å²) in [6.45, 7) is 3.87. The highest BCUT2D eigenvalue weighted by Gasteiger charge is 2.21. The van der Waals surface area contributed by atoms with Crippen LogP contribution in [0.2, 0.25) is 0 Å². The van der Waals surface area contributed by atoms with E-state index in [0.29, 0.717) is 0 Å². The maximum atomic E-state index is 11.9. The minimum absolute atomic E-state index is 0.130. The number of hydrogen-bond donors (Lipinski definition) is 1. The van der Waals surface area contributed by atoms with Crippen molar-refractivity contribution in [3.8, 4) is 0 Å². The molecule has 0 unspecified atom stereocenters. The molecule has 1 N–H and O–H groups in total. The van der Waals surface area contributed by atoms with Gasteiger partial charge in [0.1, 0.15) is 0 Å². The van der Waals surface area contributed by atoms with Crippen LogP contribution in [0.15, 0.2) is 20.7 Å². The largest absolute Gasteiger partial charge is 0.330 e. The molecule has 0 atom stereocenters. The van der Waals surface area contributed by atoms with Gasteiger partial charge in [0.2, 0.25) is 0 Å². The highest BCUT2D eigenvalue weighted by atomic mass is 32.2. The highest BCUT2D eigenvalue weighted by molar-refractivity contribution is 7.89. The summed E-state index contributed by atoms with van der Waals surface area (Å²) in [4.78, 5) is 29.3. The monoisotopic (exact) mass is 291 g/mol. The molecule has 0 aromatic carbocycles. The summed E-state index contributed by atoms with van der Waals surface area (Å²) < 4.78 is 25.5. The van der Waals surface area contributed by atoms with Crippen LogP contribution in [-0.4, -0.2) is 24.2 Å². The van der Waals surface area contributed by atoms with E-state index in [0.717, 1.165) is 15.3 Å². The minimum Gasteiger partial charge on any atom is -0.302 e. The van der Waals surface area contributed by atoms with Gasteiger partial charge in [-0.1, -0.05) is 18.7 Å². The molecule has 0 spiro atoms. The van der Waals surface area contributed by atoms with Gasteiger partial charge in [0.15, 0.2) is 4.90 Å². The molecule has 0 amide bonds. The number of rotatable bonds is 5. The van der Waals surface area contributed by atoms with E-state index in [-0.39, 0.29) is 12.5 Å². The minimum atomic E-state index is -4.11. The predicted octanol–water partition coefficient (Wildman–Crippen LogP) is -1.05. The zero-order valence-corrected chi connectivity index (χ0v) is 12.0. The summed E-state index contributed by atoms with van der Waals surface area (Å²) in [6.07, 6.45) is 0.964. The number of aryl methyl sites for hydroxylation is 1. The summed E-state index contributed by atoms with van der Waals surface area (Å²) in [5, 5.41) is 0. The Morgan fingerprint density at radius 1 is 1.32 bits per heavy atom. The second-order valence-electron chi connectivity index (χ2n) is 4.54. The lowest BCUT2D eigenvalue weighted by Gasteiger charge is -2.10. The van der Waals surface area contributed by atoms with Crippen molar-refractivity contribution in [3.05, 3.63) is 27.0 Å². The van der Waals surface area contributed by atoms with Crippen molar-refractivity contribution in [2.45, 2.75) is 18.7 Å². The molecule has 9 heteroatoms. The van der Waals surface area contributed by atoms with Gasteiger partial charge in [0, 0.05) is 20.3 Å². The fraction of sp³-hybridized carbons (Fsp3) is 0.600. The van der Waals surface area contributed by atoms with Crippen molar-refractivity contribution in [2.75, 3.05) is 6.61 Å². The normalized spacial score (nSPS) is 12.1. The lowest BCUT2D eigenvalue weighted by atomic mass is 10.2. The Morgan fingerprint density at radius 3 is 2.42 bits per heavy atom. The van der Waals surface area contributed by atoms with Gasteiger partial charge in [-0.2, -0.15) is 0 Å². The lowest BCUT2D eigenvalue weighted by Crippen LogP contribution is -2.41. The molecular formula is C10H17N3O5S. The van der Waals surface area contributed by atoms with Crippen LogP contribution in [0.3, 0.4) is 0 Å². The smallest absolute Gasteiger partial charge is 0.302 e. The van der Waals surface area contributed by atoms with Crippen LogP contribution in [0, 0.1) is 5.92 Å². The maximum absolute atomic E-state index is 11.9. The van der Waals surface area contributed by atoms with Gasteiger partial charge in [-0.3, -0.25) is 14.2 Å². The number of sulfonamides is 1. The van der Waals surface area contributed by atoms with Crippen molar-refractivity contribution in [1.29, 1.82) is 0 Å². The average molecular weight is 291 g/mol. The third-order valence-corrected chi connectivity index (χ3v) is 3.49. The van der Waals surface area contributed by atoms with E-state index < -0.39 is 26.2 Å². The van der Waals surface area contributed by atoms with E-state index in [9.17, 15) is 18.0 Å². The van der Waals surface area contributed by atoms with Crippen LogP contribution in [0.5, 0.6) is 0 Å². The summed E-state index contributed by atoms with van der Waals surface area (Å²) in [7, 11) is -1.55. The van der Waals surface area contributed by atoms with Crippen molar-refractivity contribution in [1.82, 2.24) is 14.0 Å². The topological polar surface area (TPSA) is 99.4 Å². The van der Waals surface area contributed by atoms with Crippen LogP contribution < -0.4 is 16.1 Å². The highest BCUT2D eigenvalue weighted by Crippen LogP contribution is 2.00. The Kier molecular flexibility index (Phi) is 4.66. The zero-order valence-electron chi connectivity index (χ0n) is 11.2. The van der Waals surface area contributed by atoms with Crippen LogP contribution in [0.1, 0.15) is 13.8 Å². The van der Waals surface area contributed by atoms with Gasteiger partial charge in [0.25, 0.3) is 15.6 Å². The Hall–Kier alpha value is -1.45. The molecule has 1 rings (SSSR count). The summed E-state index contributed by atoms with van der Waals surface area (Å²) in [5.41, 5.74) is -1.50. The van der Waals surface area contributed by atoms with Crippen molar-refractivity contribution in [3.63, 3.8) is 0 Å². The fourth-order valence-electron chi connectivity index (χ4n) is 1.28. The molecule has 0 aliphatic heterocycles. The number of nitrogens with one attached hydrogen (secondary N) is 1. The molecule has 1 heterocycles.